The molecule has 2 aromatic carbocycles. The first-order valence-corrected chi connectivity index (χ1v) is 9.72. The number of rotatable bonds is 5. The average Bonchev–Trinajstić information content (AvgIpc) is 2.66. The zero-order chi connectivity index (χ0) is 22.1. The van der Waals surface area contributed by atoms with Gasteiger partial charge in [-0.3, -0.25) is 0 Å². The molecule has 0 unspecified atom stereocenters. The van der Waals surface area contributed by atoms with E-state index in [9.17, 15) is 9.59 Å². The summed E-state index contributed by atoms with van der Waals surface area (Å²) in [5.74, 6) is -1.43. The number of ether oxygens (including phenoxy) is 4. The molecule has 1 heterocycles. The Kier molecular flexibility index (Phi) is 6.08. The molecule has 0 N–H and O–H groups in total. The third-order valence-electron chi connectivity index (χ3n) is 4.54. The van der Waals surface area contributed by atoms with Crippen LogP contribution in [0.15, 0.2) is 35.9 Å². The van der Waals surface area contributed by atoms with Gasteiger partial charge in [-0.15, -0.1) is 0 Å². The van der Waals surface area contributed by atoms with Crippen LogP contribution in [0.5, 0.6) is 11.5 Å². The number of cyclic esters (lactones) is 2. The van der Waals surface area contributed by atoms with Crippen molar-refractivity contribution in [3.05, 3.63) is 63.2 Å². The van der Waals surface area contributed by atoms with Crippen molar-refractivity contribution in [1.82, 2.24) is 0 Å². The summed E-state index contributed by atoms with van der Waals surface area (Å²) in [7, 11) is 1.56. The van der Waals surface area contributed by atoms with Gasteiger partial charge >= 0.3 is 11.9 Å². The molecule has 0 aromatic heterocycles. The van der Waals surface area contributed by atoms with E-state index in [0.717, 1.165) is 16.7 Å². The summed E-state index contributed by atoms with van der Waals surface area (Å²) in [5.41, 5.74) is 3.04. The van der Waals surface area contributed by atoms with Gasteiger partial charge in [0.15, 0.2) is 0 Å². The van der Waals surface area contributed by atoms with E-state index in [-0.39, 0.29) is 12.2 Å². The lowest BCUT2D eigenvalue weighted by molar-refractivity contribution is -0.222. The number of aryl methyl sites for hydroxylation is 2. The second kappa shape index (κ2) is 8.40. The number of hydrogen-bond acceptors (Lipinski definition) is 6. The minimum absolute atomic E-state index is 0.171. The van der Waals surface area contributed by atoms with E-state index in [2.05, 4.69) is 0 Å². The Morgan fingerprint density at radius 3 is 2.20 bits per heavy atom. The van der Waals surface area contributed by atoms with Gasteiger partial charge in [0.05, 0.1) is 7.11 Å². The van der Waals surface area contributed by atoms with Crippen molar-refractivity contribution < 1.29 is 28.5 Å². The van der Waals surface area contributed by atoms with E-state index >= 15 is 0 Å². The van der Waals surface area contributed by atoms with Gasteiger partial charge < -0.3 is 18.9 Å². The summed E-state index contributed by atoms with van der Waals surface area (Å²) >= 11 is 6.21. The van der Waals surface area contributed by atoms with Crippen LogP contribution in [0.2, 0.25) is 5.02 Å². The second-order valence-corrected chi connectivity index (χ2v) is 7.85. The smallest absolute Gasteiger partial charge is 0.348 e. The molecule has 0 amide bonds. The monoisotopic (exact) mass is 430 g/mol. The van der Waals surface area contributed by atoms with Crippen LogP contribution in [0.3, 0.4) is 0 Å². The number of carbonyl (C=O) groups excluding carboxylic acids is 2. The summed E-state index contributed by atoms with van der Waals surface area (Å²) in [6.07, 6.45) is 1.43. The van der Waals surface area contributed by atoms with Crippen LogP contribution in [0, 0.1) is 13.8 Å². The van der Waals surface area contributed by atoms with Crippen molar-refractivity contribution in [2.24, 2.45) is 0 Å². The summed E-state index contributed by atoms with van der Waals surface area (Å²) in [6, 6.07) is 8.98. The third kappa shape index (κ3) is 4.76. The van der Waals surface area contributed by atoms with Gasteiger partial charge in [-0.1, -0.05) is 17.7 Å². The van der Waals surface area contributed by atoms with Crippen molar-refractivity contribution in [3.63, 3.8) is 0 Å². The summed E-state index contributed by atoms with van der Waals surface area (Å²) in [4.78, 5) is 24.4. The molecule has 0 atom stereocenters. The fourth-order valence-electron chi connectivity index (χ4n) is 3.10. The number of methoxy groups -OCH3 is 1. The van der Waals surface area contributed by atoms with E-state index in [1.165, 1.54) is 19.9 Å². The quantitative estimate of drug-likeness (QED) is 0.387. The molecule has 6 nitrogen and oxygen atoms in total. The van der Waals surface area contributed by atoms with Crippen LogP contribution in [0.25, 0.3) is 6.08 Å². The molecule has 0 radical (unpaired) electrons. The fraction of sp³-hybridized carbons (Fsp3) is 0.304. The van der Waals surface area contributed by atoms with E-state index in [1.807, 2.05) is 26.0 Å². The van der Waals surface area contributed by atoms with Gasteiger partial charge in [0.1, 0.15) is 23.7 Å². The molecule has 0 bridgehead atoms. The highest BCUT2D eigenvalue weighted by atomic mass is 35.5. The SMILES string of the molecule is COc1ccc(C=C2C(=O)OC(C)(C)OC2=O)cc1COc1cc(C)c(Cl)c(C)c1. The first kappa shape index (κ1) is 21.7. The van der Waals surface area contributed by atoms with Crippen LogP contribution in [-0.2, 0) is 25.7 Å². The molecule has 3 rings (SSSR count). The fourth-order valence-corrected chi connectivity index (χ4v) is 3.21. The lowest BCUT2D eigenvalue weighted by Crippen LogP contribution is -2.41. The molecule has 158 valence electrons. The largest absolute Gasteiger partial charge is 0.496 e. The van der Waals surface area contributed by atoms with Crippen molar-refractivity contribution in [1.29, 1.82) is 0 Å². The van der Waals surface area contributed by atoms with Crippen LogP contribution in [0.4, 0.5) is 0 Å². The standard InChI is InChI=1S/C23H23ClO6/c1-13-8-17(9-14(2)20(13)24)28-12-16-10-15(6-7-19(16)27-5)11-18-21(25)29-23(3,4)30-22(18)26/h6-11H,12H2,1-5H3. The minimum atomic E-state index is -1.28. The van der Waals surface area contributed by atoms with Crippen LogP contribution < -0.4 is 9.47 Å². The van der Waals surface area contributed by atoms with Gasteiger partial charge in [0.25, 0.3) is 5.79 Å². The van der Waals surface area contributed by atoms with Crippen molar-refractivity contribution >= 4 is 29.6 Å². The van der Waals surface area contributed by atoms with E-state index in [1.54, 1.807) is 25.3 Å². The molecule has 1 aliphatic heterocycles. The number of carbonyl (C=O) groups is 2. The molecule has 0 spiro atoms. The molecule has 30 heavy (non-hydrogen) atoms. The highest BCUT2D eigenvalue weighted by molar-refractivity contribution is 6.32. The predicted molar refractivity (Wildman–Crippen MR) is 112 cm³/mol. The maximum absolute atomic E-state index is 12.2. The molecule has 0 aliphatic carbocycles. The van der Waals surface area contributed by atoms with Gasteiger partial charge in [0.2, 0.25) is 0 Å². The van der Waals surface area contributed by atoms with Crippen LogP contribution >= 0.6 is 11.6 Å². The third-order valence-corrected chi connectivity index (χ3v) is 5.13. The van der Waals surface area contributed by atoms with Crippen LogP contribution in [-0.4, -0.2) is 24.8 Å². The van der Waals surface area contributed by atoms with Crippen LogP contribution in [0.1, 0.15) is 36.1 Å². The lowest BCUT2D eigenvalue weighted by Gasteiger charge is -2.29. The zero-order valence-electron chi connectivity index (χ0n) is 17.5. The normalized spacial score (nSPS) is 15.3. The van der Waals surface area contributed by atoms with E-state index in [0.29, 0.717) is 22.1 Å². The van der Waals surface area contributed by atoms with E-state index < -0.39 is 17.7 Å². The Balaban J connectivity index is 1.85. The Bertz CT molecular complexity index is 993. The molecule has 1 aliphatic rings. The van der Waals surface area contributed by atoms with E-state index in [4.69, 9.17) is 30.5 Å². The average molecular weight is 431 g/mol. The number of hydrogen-bond donors (Lipinski definition) is 0. The Morgan fingerprint density at radius 1 is 1.03 bits per heavy atom. The Hall–Kier alpha value is -2.99. The highest BCUT2D eigenvalue weighted by Crippen LogP contribution is 2.29. The van der Waals surface area contributed by atoms with Gasteiger partial charge in [-0.25, -0.2) is 9.59 Å². The minimum Gasteiger partial charge on any atom is -0.496 e. The summed E-state index contributed by atoms with van der Waals surface area (Å²) in [5, 5.41) is 0.711. The topological polar surface area (TPSA) is 71.1 Å². The van der Waals surface area contributed by atoms with Crippen molar-refractivity contribution in [3.8, 4) is 11.5 Å². The number of benzene rings is 2. The maximum atomic E-state index is 12.2. The van der Waals surface area contributed by atoms with Gasteiger partial charge in [0, 0.05) is 24.4 Å². The Morgan fingerprint density at radius 2 is 1.63 bits per heavy atom. The predicted octanol–water partition coefficient (Wildman–Crippen LogP) is 4.76. The molecule has 2 aromatic rings. The molecular weight excluding hydrogens is 408 g/mol. The Labute approximate surface area is 180 Å². The highest BCUT2D eigenvalue weighted by Gasteiger charge is 2.38. The summed E-state index contributed by atoms with van der Waals surface area (Å²) < 4.78 is 21.6. The molecular formula is C23H23ClO6. The lowest BCUT2D eigenvalue weighted by atomic mass is 10.1. The molecule has 1 fully saturated rings. The number of esters is 2. The molecule has 1 saturated heterocycles. The van der Waals surface area contributed by atoms with Crippen molar-refractivity contribution in [2.75, 3.05) is 7.11 Å². The first-order chi connectivity index (χ1) is 14.1. The zero-order valence-corrected chi connectivity index (χ0v) is 18.3. The molecule has 7 heteroatoms. The van der Waals surface area contributed by atoms with Crippen molar-refractivity contribution in [2.45, 2.75) is 40.1 Å². The number of halogens is 1. The van der Waals surface area contributed by atoms with Gasteiger partial charge in [-0.05, 0) is 60.9 Å². The first-order valence-electron chi connectivity index (χ1n) is 9.34. The second-order valence-electron chi connectivity index (χ2n) is 7.47. The van der Waals surface area contributed by atoms with Gasteiger partial charge in [-0.2, -0.15) is 0 Å². The molecule has 0 saturated carbocycles. The maximum Gasteiger partial charge on any atom is 0.348 e. The summed E-state index contributed by atoms with van der Waals surface area (Å²) in [6.45, 7) is 7.06.